The maximum Gasteiger partial charge on any atom is 0.261 e. The van der Waals surface area contributed by atoms with Crippen LogP contribution >= 0.6 is 0 Å². The van der Waals surface area contributed by atoms with E-state index in [0.717, 1.165) is 58.6 Å². The van der Waals surface area contributed by atoms with Crippen LogP contribution in [0.1, 0.15) is 43.9 Å². The molecule has 4 heterocycles. The van der Waals surface area contributed by atoms with Gasteiger partial charge in [0.1, 0.15) is 5.69 Å². The third-order valence-corrected chi connectivity index (χ3v) is 7.43. The fraction of sp³-hybridized carbons (Fsp3) is 0.345. The van der Waals surface area contributed by atoms with Gasteiger partial charge in [-0.05, 0) is 55.9 Å². The van der Waals surface area contributed by atoms with Crippen LogP contribution in [0, 0.1) is 5.92 Å². The highest BCUT2D eigenvalue weighted by atomic mass is 16.5. The molecule has 0 spiro atoms. The minimum absolute atomic E-state index is 0.0233. The fourth-order valence-corrected chi connectivity index (χ4v) is 5.55. The van der Waals surface area contributed by atoms with Crippen molar-refractivity contribution < 1.29 is 16.0 Å². The number of H-pyrrole nitrogens is 1. The number of benzene rings is 2. The Morgan fingerprint density at radius 3 is 2.65 bits per heavy atom. The first-order valence-electron chi connectivity index (χ1n) is 13.1. The summed E-state index contributed by atoms with van der Waals surface area (Å²) in [5.74, 6) is 0.620. The monoisotopic (exact) mass is 498 g/mol. The number of hydrogen-bond donors (Lipinski definition) is 2. The van der Waals surface area contributed by atoms with E-state index in [1.807, 2.05) is 18.2 Å². The van der Waals surface area contributed by atoms with E-state index in [-0.39, 0.29) is 11.9 Å². The minimum atomic E-state index is -0.994. The van der Waals surface area contributed by atoms with Crippen molar-refractivity contribution in [1.82, 2.24) is 25.0 Å². The molecule has 0 unspecified atom stereocenters. The Morgan fingerprint density at radius 2 is 1.92 bits per heavy atom. The standard InChI is InChI=1S/C29H31N5O3/c1-29(2,35)21-9-10-22-23(16-21)34(27(18-7-5-4-6-8-18)19-11-13-37-14-12-19)24-15-20(17-30-26(22)24)25-28(36-3)32-33-31-25/h4-10,15-17,19,27,35H,11-14H2,1-3H3,(H,31,32,33)/t27-/m1/s1/i/hD. The van der Waals surface area contributed by atoms with Gasteiger partial charge in [-0.2, -0.15) is 0 Å². The number of pyridine rings is 1. The summed E-state index contributed by atoms with van der Waals surface area (Å²) in [7, 11) is 1.52. The third-order valence-electron chi connectivity index (χ3n) is 7.43. The summed E-state index contributed by atoms with van der Waals surface area (Å²) < 4.78 is 21.8. The second-order valence-electron chi connectivity index (χ2n) is 10.2. The zero-order valence-electron chi connectivity index (χ0n) is 22.3. The molecule has 0 bridgehead atoms. The molecule has 8 nitrogen and oxygen atoms in total. The Kier molecular flexibility index (Phi) is 5.63. The molecule has 0 aliphatic carbocycles. The summed E-state index contributed by atoms with van der Waals surface area (Å²) in [5.41, 5.74) is 5.00. The molecule has 1 fully saturated rings. The van der Waals surface area contributed by atoms with Crippen LogP contribution in [-0.4, -0.2) is 50.4 Å². The first-order valence-corrected chi connectivity index (χ1v) is 12.7. The molecule has 2 N–H and O–H groups in total. The van der Waals surface area contributed by atoms with Crippen LogP contribution in [0.2, 0.25) is 1.41 Å². The van der Waals surface area contributed by atoms with Gasteiger partial charge in [0.25, 0.3) is 5.88 Å². The first-order chi connectivity index (χ1) is 18.4. The second kappa shape index (κ2) is 9.28. The molecule has 1 aliphatic rings. The topological polar surface area (TPSA) is 98.1 Å². The van der Waals surface area contributed by atoms with Crippen LogP contribution < -0.4 is 4.74 Å². The molecular weight excluding hydrogens is 466 g/mol. The van der Waals surface area contributed by atoms with E-state index in [0.29, 0.717) is 17.2 Å². The number of hydrogen-bond acceptors (Lipinski definition) is 6. The highest BCUT2D eigenvalue weighted by Crippen LogP contribution is 2.42. The Bertz CT molecular complexity index is 1600. The van der Waals surface area contributed by atoms with Crippen LogP contribution in [0.3, 0.4) is 0 Å². The highest BCUT2D eigenvalue weighted by molar-refractivity contribution is 6.07. The number of nitrogens with one attached hydrogen (secondary N) is 1. The van der Waals surface area contributed by atoms with Gasteiger partial charge in [0, 0.05) is 30.4 Å². The van der Waals surface area contributed by atoms with Crippen LogP contribution in [0.5, 0.6) is 5.88 Å². The smallest absolute Gasteiger partial charge is 0.261 e. The van der Waals surface area contributed by atoms with E-state index < -0.39 is 5.60 Å². The lowest BCUT2D eigenvalue weighted by atomic mass is 9.86. The molecule has 190 valence electrons. The van der Waals surface area contributed by atoms with Crippen molar-refractivity contribution in [1.29, 1.82) is 0 Å². The summed E-state index contributed by atoms with van der Waals surface area (Å²) >= 11 is 0. The Balaban J connectivity index is 1.69. The van der Waals surface area contributed by atoms with Gasteiger partial charge in [-0.3, -0.25) is 10.1 Å². The molecule has 2 aromatic carbocycles. The molecule has 8 heteroatoms. The van der Waals surface area contributed by atoms with Crippen molar-refractivity contribution in [3.05, 3.63) is 71.9 Å². The normalized spacial score (nSPS) is 16.3. The Labute approximate surface area is 216 Å². The summed E-state index contributed by atoms with van der Waals surface area (Å²) in [6.07, 6.45) is 3.63. The molecule has 0 radical (unpaired) electrons. The Hall–Kier alpha value is -3.75. The lowest BCUT2D eigenvalue weighted by Gasteiger charge is -2.33. The van der Waals surface area contributed by atoms with E-state index in [1.54, 1.807) is 20.0 Å². The van der Waals surface area contributed by atoms with E-state index in [1.165, 1.54) is 12.7 Å². The van der Waals surface area contributed by atoms with Crippen LogP contribution in [-0.2, 0) is 10.3 Å². The Morgan fingerprint density at radius 1 is 1.14 bits per heavy atom. The zero-order chi connectivity index (χ0) is 26.4. The van der Waals surface area contributed by atoms with E-state index in [2.05, 4.69) is 51.3 Å². The largest absolute Gasteiger partial charge is 0.478 e. The highest BCUT2D eigenvalue weighted by Gasteiger charge is 2.31. The predicted molar refractivity (Wildman–Crippen MR) is 143 cm³/mol. The average Bonchev–Trinajstić information content (AvgIpc) is 3.46. The van der Waals surface area contributed by atoms with Crippen molar-refractivity contribution in [2.24, 2.45) is 5.92 Å². The van der Waals surface area contributed by atoms with Crippen molar-refractivity contribution in [2.45, 2.75) is 38.3 Å². The van der Waals surface area contributed by atoms with Gasteiger partial charge in [-0.1, -0.05) is 52.8 Å². The molecule has 0 amide bonds. The second-order valence-corrected chi connectivity index (χ2v) is 10.2. The minimum Gasteiger partial charge on any atom is -0.478 e. The number of fused-ring (bicyclic) bond motifs is 3. The molecule has 1 atom stereocenters. The van der Waals surface area contributed by atoms with Crippen molar-refractivity contribution in [3.8, 4) is 17.1 Å². The van der Waals surface area contributed by atoms with Gasteiger partial charge in [-0.25, -0.2) is 0 Å². The number of nitrogens with zero attached hydrogens (tertiary/aromatic N) is 4. The number of rotatable bonds is 6. The van der Waals surface area contributed by atoms with Crippen LogP contribution in [0.4, 0.5) is 0 Å². The van der Waals surface area contributed by atoms with E-state index in [9.17, 15) is 5.11 Å². The molecule has 1 aliphatic heterocycles. The van der Waals surface area contributed by atoms with Crippen molar-refractivity contribution in [3.63, 3.8) is 0 Å². The van der Waals surface area contributed by atoms with E-state index in [4.69, 9.17) is 15.9 Å². The average molecular weight is 499 g/mol. The van der Waals surface area contributed by atoms with Crippen molar-refractivity contribution in [2.75, 3.05) is 20.3 Å². The lowest BCUT2D eigenvalue weighted by molar-refractivity contribution is 0.0552. The first kappa shape index (κ1) is 22.4. The summed E-state index contributed by atoms with van der Waals surface area (Å²) in [5, 5.41) is 20.7. The maximum atomic E-state index is 10.9. The maximum absolute atomic E-state index is 10.9. The van der Waals surface area contributed by atoms with E-state index >= 15 is 0 Å². The zero-order valence-corrected chi connectivity index (χ0v) is 21.3. The number of aromatic amines is 1. The van der Waals surface area contributed by atoms with Gasteiger partial charge in [0.2, 0.25) is 0 Å². The quantitative estimate of drug-likeness (QED) is 0.333. The molecule has 6 rings (SSSR count). The predicted octanol–water partition coefficient (Wildman–Crippen LogP) is 5.23. The van der Waals surface area contributed by atoms with Crippen LogP contribution in [0.15, 0.2) is 60.8 Å². The van der Waals surface area contributed by atoms with Crippen LogP contribution in [0.25, 0.3) is 33.2 Å². The lowest BCUT2D eigenvalue weighted by Crippen LogP contribution is -2.27. The van der Waals surface area contributed by atoms with Gasteiger partial charge >= 0.3 is 0 Å². The number of methoxy groups -OCH3 is 1. The van der Waals surface area contributed by atoms with Crippen molar-refractivity contribution >= 4 is 21.9 Å². The SMILES string of the molecule is [2H]n1nnc(OC)c1-c1cnc2c3ccc(C(C)(C)O)cc3n([C@H](c3ccccc3)C3CCOCC3)c2c1. The summed E-state index contributed by atoms with van der Waals surface area (Å²) in [6, 6.07) is 18.7. The summed E-state index contributed by atoms with van der Waals surface area (Å²) in [4.78, 5) is 4.90. The van der Waals surface area contributed by atoms with Gasteiger partial charge in [-0.15, -0.1) is 0 Å². The van der Waals surface area contributed by atoms with Gasteiger partial charge < -0.3 is 19.1 Å². The number of aliphatic hydroxyl groups is 1. The molecule has 3 aromatic heterocycles. The summed E-state index contributed by atoms with van der Waals surface area (Å²) in [6.45, 7) is 5.06. The number of aromatic nitrogens is 5. The van der Waals surface area contributed by atoms with Gasteiger partial charge in [0.05, 0.1) is 35.3 Å². The van der Waals surface area contributed by atoms with Gasteiger partial charge in [0.15, 0.2) is 1.41 Å². The number of ether oxygens (including phenoxy) is 2. The fourth-order valence-electron chi connectivity index (χ4n) is 5.55. The molecular formula is C29H31N5O3. The molecule has 5 aromatic rings. The molecule has 1 saturated heterocycles. The third kappa shape index (κ3) is 4.16. The molecule has 37 heavy (non-hydrogen) atoms. The molecule has 0 saturated carbocycles.